The van der Waals surface area contributed by atoms with Crippen molar-refractivity contribution in [2.45, 2.75) is 26.2 Å². The molecule has 0 aromatic carbocycles. The number of ether oxygens (including phenoxy) is 1. The lowest BCUT2D eigenvalue weighted by molar-refractivity contribution is -0.144. The summed E-state index contributed by atoms with van der Waals surface area (Å²) in [6.07, 6.45) is 4.63. The molecule has 1 unspecified atom stereocenters. The number of unbranched alkanes of at least 4 members (excludes halogenated alkanes) is 1. The Bertz CT molecular complexity index is 208. The number of carbonyl (C=O) groups excluding carboxylic acids is 1. The van der Waals surface area contributed by atoms with E-state index >= 15 is 0 Å². The van der Waals surface area contributed by atoms with Crippen LogP contribution in [0, 0.1) is 5.92 Å². The topological polar surface area (TPSA) is 46.5 Å². The Kier molecular flexibility index (Phi) is 3.96. The van der Waals surface area contributed by atoms with Crippen molar-refractivity contribution in [2.75, 3.05) is 13.2 Å². The van der Waals surface area contributed by atoms with Gasteiger partial charge in [-0.15, -0.1) is 0 Å². The smallest absolute Gasteiger partial charge is 0.316 e. The van der Waals surface area contributed by atoms with Crippen LogP contribution < -0.4 is 0 Å². The molecule has 0 heterocycles. The van der Waals surface area contributed by atoms with Gasteiger partial charge in [0.1, 0.15) is 0 Å². The Morgan fingerprint density at radius 3 is 3.00 bits per heavy atom. The van der Waals surface area contributed by atoms with E-state index in [2.05, 4.69) is 0 Å². The van der Waals surface area contributed by atoms with Gasteiger partial charge in [-0.2, -0.15) is 0 Å². The lowest BCUT2D eigenvalue weighted by Gasteiger charge is -2.00. The van der Waals surface area contributed by atoms with E-state index in [4.69, 9.17) is 9.84 Å². The predicted octanol–water partition coefficient (Wildman–Crippen LogP) is 1.27. The zero-order chi connectivity index (χ0) is 9.68. The van der Waals surface area contributed by atoms with Gasteiger partial charge in [-0.1, -0.05) is 11.6 Å². The van der Waals surface area contributed by atoms with Crippen molar-refractivity contribution in [1.29, 1.82) is 0 Å². The van der Waals surface area contributed by atoms with Crippen molar-refractivity contribution in [3.05, 3.63) is 11.6 Å². The van der Waals surface area contributed by atoms with Crippen LogP contribution in [0.1, 0.15) is 26.2 Å². The molecule has 0 aromatic rings. The molecule has 1 rings (SSSR count). The molecular formula is C10H16O3. The Hall–Kier alpha value is -0.830. The average Bonchev–Trinajstić information content (AvgIpc) is 2.85. The molecule has 3 heteroatoms. The zero-order valence-electron chi connectivity index (χ0n) is 7.95. The lowest BCUT2D eigenvalue weighted by atomic mass is 10.1. The maximum Gasteiger partial charge on any atom is 0.316 e. The largest absolute Gasteiger partial charge is 0.465 e. The summed E-state index contributed by atoms with van der Waals surface area (Å²) in [5.41, 5.74) is 1.17. The quantitative estimate of drug-likeness (QED) is 0.384. The number of hydrogen-bond acceptors (Lipinski definition) is 3. The molecule has 0 fully saturated rings. The monoisotopic (exact) mass is 184 g/mol. The van der Waals surface area contributed by atoms with Crippen LogP contribution in [0.4, 0.5) is 0 Å². The molecule has 1 atom stereocenters. The fraction of sp³-hybridized carbons (Fsp3) is 0.700. The predicted molar refractivity (Wildman–Crippen MR) is 49.1 cm³/mol. The minimum Gasteiger partial charge on any atom is -0.465 e. The molecule has 0 amide bonds. The van der Waals surface area contributed by atoms with Crippen molar-refractivity contribution in [1.82, 2.24) is 0 Å². The van der Waals surface area contributed by atoms with Crippen molar-refractivity contribution < 1.29 is 14.6 Å². The van der Waals surface area contributed by atoms with E-state index in [-0.39, 0.29) is 18.5 Å². The van der Waals surface area contributed by atoms with Gasteiger partial charge in [0, 0.05) is 6.61 Å². The average molecular weight is 184 g/mol. The molecule has 0 bridgehead atoms. The van der Waals surface area contributed by atoms with Gasteiger partial charge in [0.2, 0.25) is 0 Å². The second kappa shape index (κ2) is 5.02. The first-order valence-corrected chi connectivity index (χ1v) is 4.77. The summed E-state index contributed by atoms with van der Waals surface area (Å²) in [6, 6.07) is 0. The molecule has 0 saturated carbocycles. The minimum atomic E-state index is -0.124. The molecule has 1 aliphatic rings. The van der Waals surface area contributed by atoms with E-state index in [0.717, 1.165) is 19.3 Å². The maximum absolute atomic E-state index is 11.1. The molecular weight excluding hydrogens is 168 g/mol. The Morgan fingerprint density at radius 1 is 1.62 bits per heavy atom. The van der Waals surface area contributed by atoms with Crippen LogP contribution in [0.5, 0.6) is 0 Å². The Labute approximate surface area is 78.4 Å². The van der Waals surface area contributed by atoms with E-state index in [0.29, 0.717) is 6.61 Å². The number of aliphatic hydroxyl groups is 1. The molecule has 0 saturated heterocycles. The molecule has 0 radical (unpaired) electrons. The van der Waals surface area contributed by atoms with E-state index < -0.39 is 0 Å². The first kappa shape index (κ1) is 10.3. The highest BCUT2D eigenvalue weighted by Crippen LogP contribution is 2.34. The van der Waals surface area contributed by atoms with E-state index in [1.165, 1.54) is 5.57 Å². The number of hydrogen-bond donors (Lipinski definition) is 1. The van der Waals surface area contributed by atoms with Crippen molar-refractivity contribution in [2.24, 2.45) is 5.92 Å². The molecule has 74 valence electrons. The third kappa shape index (κ3) is 3.19. The second-order valence-electron chi connectivity index (χ2n) is 3.15. The highest BCUT2D eigenvalue weighted by molar-refractivity contribution is 5.83. The van der Waals surface area contributed by atoms with Gasteiger partial charge in [0.05, 0.1) is 12.5 Å². The molecule has 13 heavy (non-hydrogen) atoms. The lowest BCUT2D eigenvalue weighted by Crippen LogP contribution is -2.08. The highest BCUT2D eigenvalue weighted by Gasteiger charge is 2.32. The summed E-state index contributed by atoms with van der Waals surface area (Å²) in [5.74, 6) is -0.167. The van der Waals surface area contributed by atoms with Crippen molar-refractivity contribution in [3.63, 3.8) is 0 Å². The first-order chi connectivity index (χ1) is 6.29. The van der Waals surface area contributed by atoms with Crippen molar-refractivity contribution in [3.8, 4) is 0 Å². The molecule has 3 nitrogen and oxygen atoms in total. The zero-order valence-corrected chi connectivity index (χ0v) is 7.95. The van der Waals surface area contributed by atoms with Crippen LogP contribution in [-0.2, 0) is 9.53 Å². The maximum atomic E-state index is 11.1. The van der Waals surface area contributed by atoms with Gasteiger partial charge in [0.25, 0.3) is 0 Å². The van der Waals surface area contributed by atoms with Gasteiger partial charge in [-0.05, 0) is 26.2 Å². The van der Waals surface area contributed by atoms with Crippen LogP contribution >= 0.6 is 0 Å². The summed E-state index contributed by atoms with van der Waals surface area (Å²) < 4.78 is 4.86. The first-order valence-electron chi connectivity index (χ1n) is 4.77. The Balaban J connectivity index is 2.07. The van der Waals surface area contributed by atoms with E-state index in [1.807, 2.05) is 13.0 Å². The normalized spacial score (nSPS) is 19.5. The van der Waals surface area contributed by atoms with Crippen LogP contribution in [-0.4, -0.2) is 24.3 Å². The van der Waals surface area contributed by atoms with Crippen LogP contribution in [0.2, 0.25) is 0 Å². The standard InChI is InChI=1S/C10H16O3/c1-2-13-10(12)9-7-8(9)5-3-4-6-11/h7,9,11H,2-6H2,1H3. The fourth-order valence-electron chi connectivity index (χ4n) is 1.30. The number of esters is 1. The van der Waals surface area contributed by atoms with Crippen LogP contribution in [0.25, 0.3) is 0 Å². The molecule has 0 aromatic heterocycles. The van der Waals surface area contributed by atoms with Gasteiger partial charge in [-0.3, -0.25) is 4.79 Å². The van der Waals surface area contributed by atoms with Gasteiger partial charge < -0.3 is 9.84 Å². The highest BCUT2D eigenvalue weighted by atomic mass is 16.5. The second-order valence-corrected chi connectivity index (χ2v) is 3.15. The summed E-state index contributed by atoms with van der Waals surface area (Å²) in [4.78, 5) is 11.1. The molecule has 0 spiro atoms. The molecule has 1 N–H and O–H groups in total. The van der Waals surface area contributed by atoms with Crippen LogP contribution in [0.3, 0.4) is 0 Å². The molecule has 1 aliphatic carbocycles. The van der Waals surface area contributed by atoms with Gasteiger partial charge in [0.15, 0.2) is 0 Å². The Morgan fingerprint density at radius 2 is 2.38 bits per heavy atom. The number of rotatable bonds is 6. The minimum absolute atomic E-state index is 0.0429. The summed E-state index contributed by atoms with van der Waals surface area (Å²) in [5, 5.41) is 8.55. The SMILES string of the molecule is CCOC(=O)C1C=C1CCCCO. The summed E-state index contributed by atoms with van der Waals surface area (Å²) >= 11 is 0. The van der Waals surface area contributed by atoms with E-state index in [9.17, 15) is 4.79 Å². The molecule has 0 aliphatic heterocycles. The summed E-state index contributed by atoms with van der Waals surface area (Å²) in [6.45, 7) is 2.50. The summed E-state index contributed by atoms with van der Waals surface area (Å²) in [7, 11) is 0. The number of aliphatic hydroxyl groups excluding tert-OH is 1. The van der Waals surface area contributed by atoms with Gasteiger partial charge >= 0.3 is 5.97 Å². The van der Waals surface area contributed by atoms with Crippen LogP contribution in [0.15, 0.2) is 11.6 Å². The third-order valence-electron chi connectivity index (χ3n) is 2.09. The third-order valence-corrected chi connectivity index (χ3v) is 2.09. The van der Waals surface area contributed by atoms with E-state index in [1.54, 1.807) is 0 Å². The van der Waals surface area contributed by atoms with Gasteiger partial charge in [-0.25, -0.2) is 0 Å². The number of carbonyl (C=O) groups is 1. The van der Waals surface area contributed by atoms with Crippen molar-refractivity contribution >= 4 is 5.97 Å². The fourth-order valence-corrected chi connectivity index (χ4v) is 1.30.